The van der Waals surface area contributed by atoms with Crippen LogP contribution in [0.5, 0.6) is 0 Å². The fourth-order valence-electron chi connectivity index (χ4n) is 3.04. The van der Waals surface area contributed by atoms with Gasteiger partial charge >= 0.3 is 0 Å². The van der Waals surface area contributed by atoms with Crippen molar-refractivity contribution in [3.8, 4) is 0 Å². The zero-order valence-corrected chi connectivity index (χ0v) is 16.8. The highest BCUT2D eigenvalue weighted by Gasteiger charge is 2.40. The quantitative estimate of drug-likeness (QED) is 0.535. The number of hydrogen-bond donors (Lipinski definition) is 0. The van der Waals surface area contributed by atoms with Crippen LogP contribution in [0.3, 0.4) is 0 Å². The van der Waals surface area contributed by atoms with Crippen LogP contribution < -0.4 is 0 Å². The van der Waals surface area contributed by atoms with Crippen molar-refractivity contribution in [2.45, 2.75) is 57.8 Å². The molecule has 1 nitrogen and oxygen atoms in total. The van der Waals surface area contributed by atoms with Gasteiger partial charge in [0.25, 0.3) is 0 Å². The SMILES string of the molecule is CC(C)(C)[Si](C)(C)OC1CCc2c1ccc1ccc(Br)cc21. The van der Waals surface area contributed by atoms with Crippen molar-refractivity contribution in [3.05, 3.63) is 45.9 Å². The van der Waals surface area contributed by atoms with Crippen molar-refractivity contribution in [3.63, 3.8) is 0 Å². The summed E-state index contributed by atoms with van der Waals surface area (Å²) in [6, 6.07) is 11.1. The van der Waals surface area contributed by atoms with Crippen LogP contribution in [0.4, 0.5) is 0 Å². The van der Waals surface area contributed by atoms with Gasteiger partial charge in [-0.05, 0) is 65.0 Å². The fraction of sp³-hybridized carbons (Fsp3) is 0.474. The first kappa shape index (κ1) is 16.2. The van der Waals surface area contributed by atoms with E-state index in [1.807, 2.05) is 0 Å². The molecule has 0 aromatic heterocycles. The van der Waals surface area contributed by atoms with E-state index < -0.39 is 8.32 Å². The molecule has 0 radical (unpaired) electrons. The largest absolute Gasteiger partial charge is 0.410 e. The molecule has 0 N–H and O–H groups in total. The number of rotatable bonds is 2. The summed E-state index contributed by atoms with van der Waals surface area (Å²) < 4.78 is 7.85. The number of aryl methyl sites for hydroxylation is 1. The van der Waals surface area contributed by atoms with Gasteiger partial charge in [0, 0.05) is 4.47 Å². The van der Waals surface area contributed by atoms with Gasteiger partial charge < -0.3 is 4.43 Å². The predicted octanol–water partition coefficient (Wildman–Crippen LogP) is 6.61. The number of fused-ring (bicyclic) bond motifs is 3. The molecule has 2 aromatic rings. The second-order valence-corrected chi connectivity index (χ2v) is 13.6. The molecule has 0 saturated heterocycles. The van der Waals surface area contributed by atoms with Crippen LogP contribution in [0, 0.1) is 0 Å². The zero-order valence-electron chi connectivity index (χ0n) is 14.2. The van der Waals surface area contributed by atoms with E-state index in [2.05, 4.69) is 80.1 Å². The average molecular weight is 377 g/mol. The van der Waals surface area contributed by atoms with Gasteiger partial charge in [-0.1, -0.05) is 54.9 Å². The van der Waals surface area contributed by atoms with Crippen LogP contribution in [-0.2, 0) is 10.8 Å². The first-order valence-corrected chi connectivity index (χ1v) is 11.8. The minimum absolute atomic E-state index is 0.260. The second-order valence-electron chi connectivity index (χ2n) is 7.90. The van der Waals surface area contributed by atoms with E-state index in [9.17, 15) is 0 Å². The van der Waals surface area contributed by atoms with Crippen LogP contribution in [-0.4, -0.2) is 8.32 Å². The molecule has 0 heterocycles. The van der Waals surface area contributed by atoms with Gasteiger partial charge in [0.2, 0.25) is 0 Å². The molecule has 3 rings (SSSR count). The fourth-order valence-corrected chi connectivity index (χ4v) is 4.71. The van der Waals surface area contributed by atoms with Gasteiger partial charge in [0.05, 0.1) is 6.10 Å². The van der Waals surface area contributed by atoms with Gasteiger partial charge in [0.15, 0.2) is 8.32 Å². The Morgan fingerprint density at radius 1 is 1.14 bits per heavy atom. The summed E-state index contributed by atoms with van der Waals surface area (Å²) in [6.07, 6.45) is 2.52. The first-order chi connectivity index (χ1) is 10.2. The maximum atomic E-state index is 6.70. The van der Waals surface area contributed by atoms with Crippen LogP contribution in [0.25, 0.3) is 10.8 Å². The minimum Gasteiger partial charge on any atom is -0.410 e. The molecular formula is C19H25BrOSi. The van der Waals surface area contributed by atoms with Crippen molar-refractivity contribution in [2.75, 3.05) is 0 Å². The molecule has 1 aliphatic rings. The Morgan fingerprint density at radius 2 is 1.82 bits per heavy atom. The van der Waals surface area contributed by atoms with E-state index in [0.29, 0.717) is 0 Å². The van der Waals surface area contributed by atoms with E-state index in [1.54, 1.807) is 0 Å². The molecule has 118 valence electrons. The molecule has 0 saturated carbocycles. The van der Waals surface area contributed by atoms with Crippen molar-refractivity contribution in [1.82, 2.24) is 0 Å². The molecule has 1 atom stereocenters. The Labute approximate surface area is 143 Å². The molecular weight excluding hydrogens is 352 g/mol. The van der Waals surface area contributed by atoms with Crippen LogP contribution in [0.15, 0.2) is 34.8 Å². The molecule has 0 fully saturated rings. The molecule has 2 aromatic carbocycles. The molecule has 1 aliphatic carbocycles. The first-order valence-electron chi connectivity index (χ1n) is 8.08. The van der Waals surface area contributed by atoms with Gasteiger partial charge in [-0.3, -0.25) is 0 Å². The van der Waals surface area contributed by atoms with Gasteiger partial charge in [-0.15, -0.1) is 0 Å². The average Bonchev–Trinajstić information content (AvgIpc) is 2.80. The van der Waals surface area contributed by atoms with Crippen LogP contribution in [0.2, 0.25) is 18.1 Å². The molecule has 0 spiro atoms. The summed E-state index contributed by atoms with van der Waals surface area (Å²) in [5, 5.41) is 2.97. The molecule has 0 amide bonds. The zero-order chi connectivity index (χ0) is 16.1. The van der Waals surface area contributed by atoms with Crippen molar-refractivity contribution in [2.24, 2.45) is 0 Å². The summed E-state index contributed by atoms with van der Waals surface area (Å²) in [6.45, 7) is 11.6. The van der Waals surface area contributed by atoms with Crippen molar-refractivity contribution >= 4 is 35.0 Å². The Balaban J connectivity index is 1.99. The molecule has 1 unspecified atom stereocenters. The van der Waals surface area contributed by atoms with Gasteiger partial charge in [-0.2, -0.15) is 0 Å². The van der Waals surface area contributed by atoms with Crippen molar-refractivity contribution in [1.29, 1.82) is 0 Å². The minimum atomic E-state index is -1.73. The summed E-state index contributed by atoms with van der Waals surface area (Å²) in [5.74, 6) is 0. The highest BCUT2D eigenvalue weighted by molar-refractivity contribution is 9.10. The van der Waals surface area contributed by atoms with Crippen molar-refractivity contribution < 1.29 is 4.43 Å². The third kappa shape index (κ3) is 2.79. The highest BCUT2D eigenvalue weighted by atomic mass is 79.9. The number of halogens is 1. The highest BCUT2D eigenvalue weighted by Crippen LogP contribution is 2.45. The van der Waals surface area contributed by atoms with Gasteiger partial charge in [0.1, 0.15) is 0 Å². The van der Waals surface area contributed by atoms with Gasteiger partial charge in [-0.25, -0.2) is 0 Å². The summed E-state index contributed by atoms with van der Waals surface area (Å²) in [4.78, 5) is 0. The van der Waals surface area contributed by atoms with E-state index in [1.165, 1.54) is 21.9 Å². The van der Waals surface area contributed by atoms with Crippen LogP contribution >= 0.6 is 15.9 Å². The third-order valence-electron chi connectivity index (χ3n) is 5.38. The van der Waals surface area contributed by atoms with E-state index in [0.717, 1.165) is 17.3 Å². The molecule has 0 aliphatic heterocycles. The smallest absolute Gasteiger partial charge is 0.192 e. The normalized spacial score (nSPS) is 18.7. The lowest BCUT2D eigenvalue weighted by molar-refractivity contribution is 0.185. The summed E-state index contributed by atoms with van der Waals surface area (Å²) in [5.41, 5.74) is 2.90. The standard InChI is InChI=1S/C19H25BrOSi/c1-19(2,3)22(4,5)21-18-11-10-15-16(18)9-7-13-6-8-14(20)12-17(13)15/h6-9,12,18H,10-11H2,1-5H3. The van der Waals surface area contributed by atoms with E-state index >= 15 is 0 Å². The second kappa shape index (κ2) is 5.47. The van der Waals surface area contributed by atoms with E-state index in [-0.39, 0.29) is 11.1 Å². The Morgan fingerprint density at radius 3 is 2.50 bits per heavy atom. The lowest BCUT2D eigenvalue weighted by Crippen LogP contribution is -2.41. The monoisotopic (exact) mass is 376 g/mol. The Hall–Kier alpha value is -0.643. The predicted molar refractivity (Wildman–Crippen MR) is 101 cm³/mol. The molecule has 3 heteroatoms. The lowest BCUT2D eigenvalue weighted by Gasteiger charge is -2.38. The van der Waals surface area contributed by atoms with E-state index in [4.69, 9.17) is 4.43 Å². The summed E-state index contributed by atoms with van der Waals surface area (Å²) >= 11 is 3.61. The lowest BCUT2D eigenvalue weighted by atomic mass is 10.0. The Bertz CT molecular complexity index is 715. The third-order valence-corrected chi connectivity index (χ3v) is 10.4. The van der Waals surface area contributed by atoms with Crippen LogP contribution in [0.1, 0.15) is 44.4 Å². The topological polar surface area (TPSA) is 9.23 Å². The maximum absolute atomic E-state index is 6.70. The Kier molecular flexibility index (Phi) is 4.03. The summed E-state index contributed by atoms with van der Waals surface area (Å²) in [7, 11) is -1.73. The maximum Gasteiger partial charge on any atom is 0.192 e. The number of benzene rings is 2. The molecule has 22 heavy (non-hydrogen) atoms. The number of hydrogen-bond acceptors (Lipinski definition) is 1. The molecule has 0 bridgehead atoms.